The van der Waals surface area contributed by atoms with Crippen molar-refractivity contribution in [2.45, 2.75) is 12.3 Å². The first-order valence-electron chi connectivity index (χ1n) is 3.67. The van der Waals surface area contributed by atoms with Crippen LogP contribution < -0.4 is 4.74 Å². The van der Waals surface area contributed by atoms with Gasteiger partial charge < -0.3 is 4.74 Å². The molecule has 0 amide bonds. The number of nitrogens with zero attached hydrogens (tertiary/aromatic N) is 1. The number of pyridine rings is 1. The number of rotatable bonds is 3. The minimum Gasteiger partial charge on any atom is -0.481 e. The first kappa shape index (κ1) is 11.1. The van der Waals surface area contributed by atoms with Gasteiger partial charge in [0, 0.05) is 5.56 Å². The fourth-order valence-electron chi connectivity index (χ4n) is 1.04. The summed E-state index contributed by atoms with van der Waals surface area (Å²) in [5.74, 6) is -1.49. The molecule has 0 aliphatic heterocycles. The van der Waals surface area contributed by atoms with Crippen molar-refractivity contribution in [1.29, 1.82) is 0 Å². The summed E-state index contributed by atoms with van der Waals surface area (Å²) in [6.07, 6.45) is -2.05. The smallest absolute Gasteiger partial charge is 0.269 e. The quantitative estimate of drug-likeness (QED) is 0.738. The molecule has 0 aromatic carbocycles. The minimum absolute atomic E-state index is 0.270. The molecule has 0 unspecified atom stereocenters. The molecule has 14 heavy (non-hydrogen) atoms. The van der Waals surface area contributed by atoms with Crippen LogP contribution in [0.25, 0.3) is 0 Å². The predicted octanol–water partition coefficient (Wildman–Crippen LogP) is 2.91. The maximum atomic E-state index is 13.0. The molecule has 0 spiro atoms. The molecular formula is C8H7ClF3NO. The maximum absolute atomic E-state index is 13.0. The lowest BCUT2D eigenvalue weighted by Crippen LogP contribution is -2.03. The second-order valence-corrected chi connectivity index (χ2v) is 2.71. The fraction of sp³-hybridized carbons (Fsp3) is 0.375. The maximum Gasteiger partial charge on any atom is 0.269 e. The van der Waals surface area contributed by atoms with Crippen LogP contribution in [0, 0.1) is 5.82 Å². The number of ether oxygens (including phenoxy) is 1. The molecule has 0 radical (unpaired) electrons. The molecule has 1 heterocycles. The van der Waals surface area contributed by atoms with Gasteiger partial charge in [-0.05, 0) is 0 Å². The molecule has 0 aliphatic carbocycles. The summed E-state index contributed by atoms with van der Waals surface area (Å²) in [5, 5.41) is 0. The summed E-state index contributed by atoms with van der Waals surface area (Å²) in [7, 11) is 1.18. The zero-order valence-electron chi connectivity index (χ0n) is 7.23. The second-order valence-electron chi connectivity index (χ2n) is 2.44. The highest BCUT2D eigenvalue weighted by atomic mass is 35.5. The number of hydrogen-bond donors (Lipinski definition) is 0. The molecule has 0 fully saturated rings. The third-order valence-corrected chi connectivity index (χ3v) is 1.95. The van der Waals surface area contributed by atoms with Gasteiger partial charge in [-0.25, -0.2) is 18.2 Å². The van der Waals surface area contributed by atoms with Crippen molar-refractivity contribution in [2.75, 3.05) is 7.11 Å². The van der Waals surface area contributed by atoms with Crippen molar-refractivity contribution in [3.63, 3.8) is 0 Å². The van der Waals surface area contributed by atoms with Gasteiger partial charge in [-0.2, -0.15) is 0 Å². The van der Waals surface area contributed by atoms with Crippen LogP contribution in [0.15, 0.2) is 6.20 Å². The Morgan fingerprint density at radius 2 is 2.21 bits per heavy atom. The molecular weight excluding hydrogens is 219 g/mol. The summed E-state index contributed by atoms with van der Waals surface area (Å²) in [6, 6.07) is 0. The van der Waals surface area contributed by atoms with E-state index in [0.717, 1.165) is 6.20 Å². The number of alkyl halides is 3. The molecule has 78 valence electrons. The molecule has 0 aliphatic rings. The Balaban J connectivity index is 3.36. The van der Waals surface area contributed by atoms with Gasteiger partial charge in [0.1, 0.15) is 5.82 Å². The standard InChI is InChI=1S/C8H7ClF3NO/c1-14-8-6(7(11)12)4(2-9)5(10)3-13-8/h3,7H,2H2,1H3. The molecule has 1 aromatic rings. The van der Waals surface area contributed by atoms with Crippen LogP contribution in [0.5, 0.6) is 5.88 Å². The van der Waals surface area contributed by atoms with Crippen LogP contribution in [0.1, 0.15) is 17.6 Å². The lowest BCUT2D eigenvalue weighted by Gasteiger charge is -2.10. The lowest BCUT2D eigenvalue weighted by molar-refractivity contribution is 0.144. The van der Waals surface area contributed by atoms with Gasteiger partial charge in [-0.1, -0.05) is 0 Å². The zero-order chi connectivity index (χ0) is 10.7. The summed E-state index contributed by atoms with van der Waals surface area (Å²) in [5.41, 5.74) is -0.851. The van der Waals surface area contributed by atoms with E-state index >= 15 is 0 Å². The number of aromatic nitrogens is 1. The molecule has 0 atom stereocenters. The van der Waals surface area contributed by atoms with Crippen LogP contribution in [0.4, 0.5) is 13.2 Å². The molecule has 0 saturated carbocycles. The Hall–Kier alpha value is -0.970. The molecule has 0 N–H and O–H groups in total. The van der Waals surface area contributed by atoms with Crippen molar-refractivity contribution in [3.05, 3.63) is 23.1 Å². The molecule has 2 nitrogen and oxygen atoms in total. The normalized spacial score (nSPS) is 10.7. The first-order chi connectivity index (χ1) is 6.61. The van der Waals surface area contributed by atoms with Gasteiger partial charge in [0.2, 0.25) is 5.88 Å². The average Bonchev–Trinajstić information content (AvgIpc) is 2.17. The van der Waals surface area contributed by atoms with Crippen molar-refractivity contribution >= 4 is 11.6 Å². The SMILES string of the molecule is COc1ncc(F)c(CCl)c1C(F)F. The van der Waals surface area contributed by atoms with Gasteiger partial charge in [-0.15, -0.1) is 11.6 Å². The van der Waals surface area contributed by atoms with E-state index in [1.807, 2.05) is 0 Å². The molecule has 0 saturated heterocycles. The Kier molecular flexibility index (Phi) is 3.57. The van der Waals surface area contributed by atoms with Gasteiger partial charge in [0.05, 0.1) is 24.8 Å². The van der Waals surface area contributed by atoms with Gasteiger partial charge in [0.25, 0.3) is 6.43 Å². The van der Waals surface area contributed by atoms with Crippen LogP contribution in [0.3, 0.4) is 0 Å². The van der Waals surface area contributed by atoms with Crippen molar-refractivity contribution < 1.29 is 17.9 Å². The van der Waals surface area contributed by atoms with Crippen LogP contribution >= 0.6 is 11.6 Å². The summed E-state index contributed by atoms with van der Waals surface area (Å²) >= 11 is 5.35. The van der Waals surface area contributed by atoms with Crippen LogP contribution in [0.2, 0.25) is 0 Å². The van der Waals surface area contributed by atoms with E-state index in [4.69, 9.17) is 11.6 Å². The van der Waals surface area contributed by atoms with E-state index in [2.05, 4.69) is 9.72 Å². The highest BCUT2D eigenvalue weighted by Gasteiger charge is 2.22. The van der Waals surface area contributed by atoms with Gasteiger partial charge >= 0.3 is 0 Å². The summed E-state index contributed by atoms with van der Waals surface area (Å²) < 4.78 is 42.6. The second kappa shape index (κ2) is 4.50. The van der Waals surface area contributed by atoms with E-state index in [0.29, 0.717) is 0 Å². The van der Waals surface area contributed by atoms with Gasteiger partial charge in [-0.3, -0.25) is 0 Å². The molecule has 6 heteroatoms. The van der Waals surface area contributed by atoms with E-state index in [1.54, 1.807) is 0 Å². The summed E-state index contributed by atoms with van der Waals surface area (Å²) in [4.78, 5) is 3.39. The highest BCUT2D eigenvalue weighted by molar-refractivity contribution is 6.17. The zero-order valence-corrected chi connectivity index (χ0v) is 7.99. The third-order valence-electron chi connectivity index (χ3n) is 1.68. The average molecular weight is 226 g/mol. The van der Waals surface area contributed by atoms with Crippen LogP contribution in [-0.2, 0) is 5.88 Å². The van der Waals surface area contributed by atoms with E-state index < -0.39 is 17.8 Å². The topological polar surface area (TPSA) is 22.1 Å². The number of hydrogen-bond acceptors (Lipinski definition) is 2. The van der Waals surface area contributed by atoms with E-state index in [9.17, 15) is 13.2 Å². The molecule has 1 rings (SSSR count). The minimum atomic E-state index is -2.86. The Morgan fingerprint density at radius 1 is 1.57 bits per heavy atom. The lowest BCUT2D eigenvalue weighted by atomic mass is 10.1. The summed E-state index contributed by atoms with van der Waals surface area (Å²) in [6.45, 7) is 0. The highest BCUT2D eigenvalue weighted by Crippen LogP contribution is 2.32. The van der Waals surface area contributed by atoms with Crippen molar-refractivity contribution in [3.8, 4) is 5.88 Å². The Labute approximate surface area is 83.7 Å². The van der Waals surface area contributed by atoms with E-state index in [-0.39, 0.29) is 17.3 Å². The Bertz CT molecular complexity index is 333. The number of methoxy groups -OCH3 is 1. The third kappa shape index (κ3) is 1.92. The van der Waals surface area contributed by atoms with Crippen molar-refractivity contribution in [2.24, 2.45) is 0 Å². The monoisotopic (exact) mass is 225 g/mol. The predicted molar refractivity (Wildman–Crippen MR) is 45.3 cm³/mol. The Morgan fingerprint density at radius 3 is 2.64 bits per heavy atom. The first-order valence-corrected chi connectivity index (χ1v) is 4.20. The largest absolute Gasteiger partial charge is 0.481 e. The molecule has 0 bridgehead atoms. The van der Waals surface area contributed by atoms with Crippen LogP contribution in [-0.4, -0.2) is 12.1 Å². The molecule has 1 aromatic heterocycles. The van der Waals surface area contributed by atoms with Gasteiger partial charge in [0.15, 0.2) is 0 Å². The van der Waals surface area contributed by atoms with E-state index in [1.165, 1.54) is 7.11 Å². The fourth-order valence-corrected chi connectivity index (χ4v) is 1.32. The van der Waals surface area contributed by atoms with Crippen molar-refractivity contribution in [1.82, 2.24) is 4.98 Å². The number of halogens is 4.